The molecule has 0 saturated carbocycles. The van der Waals surface area contributed by atoms with Crippen molar-refractivity contribution in [3.63, 3.8) is 0 Å². The standard InChI is InChI=1S/C5H8N4O2/c1-9(2)5(10)11-4-6-3-7-8-4/h3H,1-2H3,(H,6,7,8). The van der Waals surface area contributed by atoms with Crippen LogP contribution in [0.3, 0.4) is 0 Å². The highest BCUT2D eigenvalue weighted by atomic mass is 16.6. The van der Waals surface area contributed by atoms with Gasteiger partial charge in [-0.2, -0.15) is 10.1 Å². The molecular formula is C5H8N4O2. The number of nitrogens with one attached hydrogen (secondary N) is 1. The van der Waals surface area contributed by atoms with Gasteiger partial charge in [0.25, 0.3) is 0 Å². The van der Waals surface area contributed by atoms with E-state index >= 15 is 0 Å². The first kappa shape index (κ1) is 7.52. The van der Waals surface area contributed by atoms with E-state index in [1.165, 1.54) is 11.2 Å². The van der Waals surface area contributed by atoms with Gasteiger partial charge in [-0.15, -0.1) is 0 Å². The van der Waals surface area contributed by atoms with Gasteiger partial charge >= 0.3 is 12.1 Å². The van der Waals surface area contributed by atoms with Gasteiger partial charge < -0.3 is 9.64 Å². The van der Waals surface area contributed by atoms with Gasteiger partial charge in [-0.1, -0.05) is 0 Å². The number of hydrogen-bond acceptors (Lipinski definition) is 4. The number of rotatable bonds is 1. The largest absolute Gasteiger partial charge is 0.417 e. The third kappa shape index (κ3) is 1.92. The number of carbonyl (C=O) groups is 1. The summed E-state index contributed by atoms with van der Waals surface area (Å²) in [6.45, 7) is 0. The molecule has 0 unspecified atom stereocenters. The van der Waals surface area contributed by atoms with Gasteiger partial charge in [-0.25, -0.2) is 9.89 Å². The fourth-order valence-corrected chi connectivity index (χ4v) is 0.417. The molecule has 0 radical (unpaired) electrons. The highest BCUT2D eigenvalue weighted by Crippen LogP contribution is 1.97. The molecule has 0 aliphatic heterocycles. The van der Waals surface area contributed by atoms with Crippen LogP contribution in [0.5, 0.6) is 6.01 Å². The van der Waals surface area contributed by atoms with Crippen LogP contribution in [-0.2, 0) is 0 Å². The van der Waals surface area contributed by atoms with Crippen LogP contribution in [0, 0.1) is 0 Å². The molecule has 1 N–H and O–H groups in total. The average molecular weight is 156 g/mol. The minimum atomic E-state index is -0.484. The zero-order chi connectivity index (χ0) is 8.27. The van der Waals surface area contributed by atoms with Crippen LogP contribution in [-0.4, -0.2) is 40.3 Å². The van der Waals surface area contributed by atoms with Gasteiger partial charge in [0.15, 0.2) is 0 Å². The Morgan fingerprint density at radius 1 is 1.73 bits per heavy atom. The molecule has 1 aromatic rings. The molecule has 0 atom stereocenters. The second kappa shape index (κ2) is 3.00. The summed E-state index contributed by atoms with van der Waals surface area (Å²) in [5.41, 5.74) is 0. The summed E-state index contributed by atoms with van der Waals surface area (Å²) in [6.07, 6.45) is 0.778. The van der Waals surface area contributed by atoms with Crippen molar-refractivity contribution in [3.05, 3.63) is 6.33 Å². The lowest BCUT2D eigenvalue weighted by molar-refractivity contribution is 0.168. The summed E-state index contributed by atoms with van der Waals surface area (Å²) in [5.74, 6) is 0. The maximum absolute atomic E-state index is 10.8. The lowest BCUT2D eigenvalue weighted by atomic mass is 10.9. The first-order valence-electron chi connectivity index (χ1n) is 2.94. The number of ether oxygens (including phenoxy) is 1. The lowest BCUT2D eigenvalue weighted by Gasteiger charge is -2.07. The summed E-state index contributed by atoms with van der Waals surface area (Å²) in [6, 6.07) is 0.101. The van der Waals surface area contributed by atoms with Crippen LogP contribution in [0.25, 0.3) is 0 Å². The smallest absolute Gasteiger partial charge is 0.374 e. The topological polar surface area (TPSA) is 71.1 Å². The Kier molecular flexibility index (Phi) is 2.05. The molecule has 0 aliphatic rings. The van der Waals surface area contributed by atoms with Crippen molar-refractivity contribution in [3.8, 4) is 6.01 Å². The molecule has 0 aromatic carbocycles. The first-order valence-corrected chi connectivity index (χ1v) is 2.94. The van der Waals surface area contributed by atoms with Crippen LogP contribution >= 0.6 is 0 Å². The number of amides is 1. The van der Waals surface area contributed by atoms with E-state index in [2.05, 4.69) is 19.9 Å². The highest BCUT2D eigenvalue weighted by molar-refractivity contribution is 5.68. The molecule has 6 nitrogen and oxygen atoms in total. The molecular weight excluding hydrogens is 148 g/mol. The van der Waals surface area contributed by atoms with Gasteiger partial charge in [0.1, 0.15) is 6.33 Å². The summed E-state index contributed by atoms with van der Waals surface area (Å²) in [7, 11) is 3.16. The van der Waals surface area contributed by atoms with E-state index in [-0.39, 0.29) is 6.01 Å². The molecule has 0 spiro atoms. The normalized spacial score (nSPS) is 9.27. The van der Waals surface area contributed by atoms with E-state index in [0.29, 0.717) is 0 Å². The number of nitrogens with zero attached hydrogens (tertiary/aromatic N) is 3. The Morgan fingerprint density at radius 2 is 2.45 bits per heavy atom. The predicted octanol–water partition coefficient (Wildman–Crippen LogP) is -0.135. The molecule has 60 valence electrons. The minimum Gasteiger partial charge on any atom is -0.374 e. The Labute approximate surface area is 63.2 Å². The lowest BCUT2D eigenvalue weighted by Crippen LogP contribution is -2.25. The maximum atomic E-state index is 10.8. The Hall–Kier alpha value is -1.59. The number of H-pyrrole nitrogens is 1. The highest BCUT2D eigenvalue weighted by Gasteiger charge is 2.07. The van der Waals surface area contributed by atoms with Gasteiger partial charge in [-0.3, -0.25) is 0 Å². The third-order valence-electron chi connectivity index (χ3n) is 0.942. The van der Waals surface area contributed by atoms with Crippen molar-refractivity contribution < 1.29 is 9.53 Å². The molecule has 1 aromatic heterocycles. The quantitative estimate of drug-likeness (QED) is 0.614. The zero-order valence-corrected chi connectivity index (χ0v) is 6.24. The fraction of sp³-hybridized carbons (Fsp3) is 0.400. The SMILES string of the molecule is CN(C)C(=O)Oc1ncn[nH]1. The zero-order valence-electron chi connectivity index (χ0n) is 6.24. The van der Waals surface area contributed by atoms with Crippen molar-refractivity contribution in [1.29, 1.82) is 0 Å². The predicted molar refractivity (Wildman–Crippen MR) is 36.1 cm³/mol. The summed E-state index contributed by atoms with van der Waals surface area (Å²) < 4.78 is 4.67. The number of aromatic amines is 1. The maximum Gasteiger partial charge on any atom is 0.417 e. The summed E-state index contributed by atoms with van der Waals surface area (Å²) in [5, 5.41) is 5.89. The fourth-order valence-electron chi connectivity index (χ4n) is 0.417. The van der Waals surface area contributed by atoms with E-state index in [9.17, 15) is 4.79 Å². The minimum absolute atomic E-state index is 0.101. The molecule has 1 heterocycles. The van der Waals surface area contributed by atoms with Crippen LogP contribution < -0.4 is 4.74 Å². The number of carbonyl (C=O) groups excluding carboxylic acids is 1. The Balaban J connectivity index is 2.50. The summed E-state index contributed by atoms with van der Waals surface area (Å²) >= 11 is 0. The van der Waals surface area contributed by atoms with Crippen molar-refractivity contribution in [2.24, 2.45) is 0 Å². The van der Waals surface area contributed by atoms with Crippen LogP contribution in [0.15, 0.2) is 6.33 Å². The molecule has 0 aliphatic carbocycles. The molecule has 0 saturated heterocycles. The van der Waals surface area contributed by atoms with Gasteiger partial charge in [0.2, 0.25) is 0 Å². The molecule has 1 amide bonds. The number of hydrogen-bond donors (Lipinski definition) is 1. The summed E-state index contributed by atoms with van der Waals surface area (Å²) in [4.78, 5) is 15.7. The average Bonchev–Trinajstić information content (AvgIpc) is 2.39. The molecule has 0 fully saturated rings. The molecule has 6 heteroatoms. The van der Waals surface area contributed by atoms with Crippen LogP contribution in [0.2, 0.25) is 0 Å². The molecule has 1 rings (SSSR count). The van der Waals surface area contributed by atoms with E-state index in [4.69, 9.17) is 0 Å². The van der Waals surface area contributed by atoms with E-state index in [1.54, 1.807) is 14.1 Å². The van der Waals surface area contributed by atoms with E-state index in [0.717, 1.165) is 0 Å². The second-order valence-electron chi connectivity index (χ2n) is 2.05. The molecule has 11 heavy (non-hydrogen) atoms. The van der Waals surface area contributed by atoms with Crippen LogP contribution in [0.4, 0.5) is 4.79 Å². The van der Waals surface area contributed by atoms with Crippen LogP contribution in [0.1, 0.15) is 0 Å². The van der Waals surface area contributed by atoms with Crippen molar-refractivity contribution in [2.45, 2.75) is 0 Å². The van der Waals surface area contributed by atoms with Crippen molar-refractivity contribution in [2.75, 3.05) is 14.1 Å². The van der Waals surface area contributed by atoms with Gasteiger partial charge in [-0.05, 0) is 0 Å². The van der Waals surface area contributed by atoms with E-state index in [1.807, 2.05) is 0 Å². The van der Waals surface area contributed by atoms with Crippen molar-refractivity contribution >= 4 is 6.09 Å². The van der Waals surface area contributed by atoms with Gasteiger partial charge in [0, 0.05) is 14.1 Å². The monoisotopic (exact) mass is 156 g/mol. The third-order valence-corrected chi connectivity index (χ3v) is 0.942. The second-order valence-corrected chi connectivity index (χ2v) is 2.05. The Morgan fingerprint density at radius 3 is 2.91 bits per heavy atom. The number of aromatic nitrogens is 3. The van der Waals surface area contributed by atoms with E-state index < -0.39 is 6.09 Å². The molecule has 0 bridgehead atoms. The Bertz CT molecular complexity index is 231. The first-order chi connectivity index (χ1) is 5.20. The van der Waals surface area contributed by atoms with Gasteiger partial charge in [0.05, 0.1) is 0 Å². The van der Waals surface area contributed by atoms with Crippen molar-refractivity contribution in [1.82, 2.24) is 20.1 Å².